The highest BCUT2D eigenvalue weighted by molar-refractivity contribution is 7.92. The van der Waals surface area contributed by atoms with Gasteiger partial charge in [-0.3, -0.25) is 13.9 Å². The molecule has 0 saturated heterocycles. The average Bonchev–Trinajstić information content (AvgIpc) is 2.75. The van der Waals surface area contributed by atoms with Gasteiger partial charge in [0.2, 0.25) is 21.8 Å². The van der Waals surface area contributed by atoms with E-state index in [1.165, 1.54) is 4.90 Å². The van der Waals surface area contributed by atoms with E-state index in [2.05, 4.69) is 5.32 Å². The van der Waals surface area contributed by atoms with Crippen molar-refractivity contribution in [2.45, 2.75) is 54.1 Å². The first-order valence-electron chi connectivity index (χ1n) is 11.5. The minimum atomic E-state index is -3.75. The van der Waals surface area contributed by atoms with Crippen LogP contribution in [0.2, 0.25) is 0 Å². The highest BCUT2D eigenvalue weighted by atomic mass is 32.2. The van der Waals surface area contributed by atoms with Crippen LogP contribution in [0.1, 0.15) is 43.0 Å². The molecule has 7 nitrogen and oxygen atoms in total. The Bertz CT molecular complexity index is 1110. The smallest absolute Gasteiger partial charge is 0.244 e. The Kier molecular flexibility index (Phi) is 9.27. The van der Waals surface area contributed by atoms with Gasteiger partial charge < -0.3 is 10.2 Å². The van der Waals surface area contributed by atoms with Crippen molar-refractivity contribution in [1.29, 1.82) is 0 Å². The van der Waals surface area contributed by atoms with Crippen molar-refractivity contribution in [1.82, 2.24) is 10.2 Å². The third-order valence-corrected chi connectivity index (χ3v) is 6.76. The number of rotatable bonds is 10. The van der Waals surface area contributed by atoms with Crippen LogP contribution in [-0.2, 0) is 26.2 Å². The lowest BCUT2D eigenvalue weighted by Crippen LogP contribution is -2.51. The van der Waals surface area contributed by atoms with E-state index < -0.39 is 28.5 Å². The molecule has 8 heteroatoms. The molecule has 0 saturated carbocycles. The number of anilines is 1. The zero-order valence-corrected chi connectivity index (χ0v) is 22.1. The maximum absolute atomic E-state index is 13.6. The fourth-order valence-corrected chi connectivity index (χ4v) is 4.41. The third kappa shape index (κ3) is 7.58. The first-order chi connectivity index (χ1) is 15.8. The van der Waals surface area contributed by atoms with Crippen LogP contribution >= 0.6 is 0 Å². The van der Waals surface area contributed by atoms with Gasteiger partial charge in [0.1, 0.15) is 12.6 Å². The molecule has 0 radical (unpaired) electrons. The molecule has 186 valence electrons. The molecule has 0 aliphatic heterocycles. The zero-order chi connectivity index (χ0) is 25.6. The number of nitrogens with zero attached hydrogens (tertiary/aromatic N) is 2. The number of sulfonamides is 1. The summed E-state index contributed by atoms with van der Waals surface area (Å²) in [6.07, 6.45) is 1.09. The topological polar surface area (TPSA) is 86.8 Å². The summed E-state index contributed by atoms with van der Waals surface area (Å²) in [6.45, 7) is 11.6. The molecule has 0 fully saturated rings. The van der Waals surface area contributed by atoms with Crippen molar-refractivity contribution in [3.63, 3.8) is 0 Å². The number of amides is 2. The summed E-state index contributed by atoms with van der Waals surface area (Å²) in [7, 11) is -3.75. The first kappa shape index (κ1) is 27.4. The predicted octanol–water partition coefficient (Wildman–Crippen LogP) is 3.57. The fraction of sp³-hybridized carbons (Fsp3) is 0.462. The fourth-order valence-electron chi connectivity index (χ4n) is 3.51. The maximum Gasteiger partial charge on any atom is 0.244 e. The summed E-state index contributed by atoms with van der Waals surface area (Å²) >= 11 is 0. The van der Waals surface area contributed by atoms with Crippen LogP contribution < -0.4 is 9.62 Å². The van der Waals surface area contributed by atoms with Crippen LogP contribution in [0.15, 0.2) is 42.5 Å². The first-order valence-corrected chi connectivity index (χ1v) is 13.3. The summed E-state index contributed by atoms with van der Waals surface area (Å²) in [5, 5.41) is 2.88. The number of benzene rings is 2. The van der Waals surface area contributed by atoms with Gasteiger partial charge in [0.25, 0.3) is 0 Å². The highest BCUT2D eigenvalue weighted by Crippen LogP contribution is 2.24. The molecule has 0 aliphatic rings. The molecule has 34 heavy (non-hydrogen) atoms. The number of carbonyl (C=O) groups is 2. The van der Waals surface area contributed by atoms with E-state index in [-0.39, 0.29) is 18.4 Å². The molecule has 0 bridgehead atoms. The lowest BCUT2D eigenvalue weighted by Gasteiger charge is -2.32. The standard InChI is InChI=1S/C26H37N3O4S/c1-18(2)15-27-26(31)22(6)28(16-23-12-9-19(3)10-13-23)25(30)17-29(34(7,32)33)24-14-20(4)8-11-21(24)5/h8-14,18,22H,15-17H2,1-7H3,(H,27,31)/t22-/m1/s1. The number of aryl methyl sites for hydroxylation is 3. The quantitative estimate of drug-likeness (QED) is 0.555. The maximum atomic E-state index is 13.6. The molecule has 0 aromatic heterocycles. The summed E-state index contributed by atoms with van der Waals surface area (Å²) in [4.78, 5) is 27.9. The van der Waals surface area contributed by atoms with Crippen LogP contribution in [0.5, 0.6) is 0 Å². The van der Waals surface area contributed by atoms with Gasteiger partial charge in [0.15, 0.2) is 0 Å². The summed E-state index contributed by atoms with van der Waals surface area (Å²) < 4.78 is 26.5. The predicted molar refractivity (Wildman–Crippen MR) is 137 cm³/mol. The van der Waals surface area contributed by atoms with Crippen molar-refractivity contribution < 1.29 is 18.0 Å². The Morgan fingerprint density at radius 2 is 1.53 bits per heavy atom. The largest absolute Gasteiger partial charge is 0.354 e. The Hall–Kier alpha value is -2.87. The van der Waals surface area contributed by atoms with E-state index in [9.17, 15) is 18.0 Å². The molecule has 2 rings (SSSR count). The van der Waals surface area contributed by atoms with Crippen molar-refractivity contribution in [3.8, 4) is 0 Å². The number of hydrogen-bond acceptors (Lipinski definition) is 4. The molecule has 2 amide bonds. The number of carbonyl (C=O) groups excluding carboxylic acids is 2. The Labute approximate surface area is 204 Å². The molecule has 2 aromatic rings. The number of hydrogen-bond donors (Lipinski definition) is 1. The minimum absolute atomic E-state index is 0.194. The summed E-state index contributed by atoms with van der Waals surface area (Å²) in [5.74, 6) is -0.451. The van der Waals surface area contributed by atoms with E-state index in [1.54, 1.807) is 13.0 Å². The van der Waals surface area contributed by atoms with Crippen LogP contribution in [0.25, 0.3) is 0 Å². The van der Waals surface area contributed by atoms with Gasteiger partial charge in [-0.25, -0.2) is 8.42 Å². The third-order valence-electron chi connectivity index (χ3n) is 5.64. The average molecular weight is 488 g/mol. The molecular weight excluding hydrogens is 450 g/mol. The summed E-state index contributed by atoms with van der Waals surface area (Å²) in [5.41, 5.74) is 4.04. The van der Waals surface area contributed by atoms with Gasteiger partial charge >= 0.3 is 0 Å². The van der Waals surface area contributed by atoms with Gasteiger partial charge in [-0.1, -0.05) is 55.8 Å². The monoisotopic (exact) mass is 487 g/mol. The van der Waals surface area contributed by atoms with Crippen molar-refractivity contribution in [3.05, 3.63) is 64.7 Å². The van der Waals surface area contributed by atoms with Gasteiger partial charge in [0, 0.05) is 13.1 Å². The molecule has 0 heterocycles. The molecule has 2 aromatic carbocycles. The Morgan fingerprint density at radius 1 is 0.941 bits per heavy atom. The Morgan fingerprint density at radius 3 is 2.09 bits per heavy atom. The van der Waals surface area contributed by atoms with Crippen molar-refractivity contribution in [2.24, 2.45) is 5.92 Å². The SMILES string of the molecule is Cc1ccc(CN(C(=O)CN(c2cc(C)ccc2C)S(C)(=O)=O)[C@H](C)C(=O)NCC(C)C)cc1. The normalized spacial score (nSPS) is 12.4. The van der Waals surface area contributed by atoms with E-state index in [1.807, 2.05) is 71.0 Å². The number of nitrogens with one attached hydrogen (secondary N) is 1. The van der Waals surface area contributed by atoms with E-state index in [0.29, 0.717) is 12.2 Å². The summed E-state index contributed by atoms with van der Waals surface area (Å²) in [6, 6.07) is 12.4. The van der Waals surface area contributed by atoms with Gasteiger partial charge in [-0.15, -0.1) is 0 Å². The van der Waals surface area contributed by atoms with Gasteiger partial charge in [0.05, 0.1) is 11.9 Å². The van der Waals surface area contributed by atoms with Crippen molar-refractivity contribution >= 4 is 27.5 Å². The van der Waals surface area contributed by atoms with E-state index >= 15 is 0 Å². The lowest BCUT2D eigenvalue weighted by molar-refractivity contribution is -0.139. The lowest BCUT2D eigenvalue weighted by atomic mass is 10.1. The minimum Gasteiger partial charge on any atom is -0.354 e. The Balaban J connectivity index is 2.40. The molecular formula is C26H37N3O4S. The van der Waals surface area contributed by atoms with Crippen molar-refractivity contribution in [2.75, 3.05) is 23.7 Å². The van der Waals surface area contributed by atoms with Gasteiger partial charge in [-0.05, 0) is 56.4 Å². The van der Waals surface area contributed by atoms with E-state index in [0.717, 1.165) is 32.8 Å². The zero-order valence-electron chi connectivity index (χ0n) is 21.3. The second-order valence-electron chi connectivity index (χ2n) is 9.38. The van der Waals surface area contributed by atoms with Crippen LogP contribution in [0.4, 0.5) is 5.69 Å². The van der Waals surface area contributed by atoms with Crippen LogP contribution in [0.3, 0.4) is 0 Å². The van der Waals surface area contributed by atoms with Crippen LogP contribution in [0, 0.1) is 26.7 Å². The molecule has 1 atom stereocenters. The van der Waals surface area contributed by atoms with Crippen LogP contribution in [-0.4, -0.2) is 50.5 Å². The molecule has 0 unspecified atom stereocenters. The van der Waals surface area contributed by atoms with Gasteiger partial charge in [-0.2, -0.15) is 0 Å². The van der Waals surface area contributed by atoms with E-state index in [4.69, 9.17) is 0 Å². The highest BCUT2D eigenvalue weighted by Gasteiger charge is 2.30. The molecule has 0 spiro atoms. The molecule has 1 N–H and O–H groups in total. The molecule has 0 aliphatic carbocycles. The second-order valence-corrected chi connectivity index (χ2v) is 11.3. The second kappa shape index (κ2) is 11.5.